The van der Waals surface area contributed by atoms with Crippen LogP contribution in [0.5, 0.6) is 5.88 Å². The summed E-state index contributed by atoms with van der Waals surface area (Å²) < 4.78 is 56.4. The molecular weight excluding hydrogens is 571 g/mol. The Labute approximate surface area is 251 Å². The molecule has 2 atom stereocenters. The standard InChI is InChI=1S/C31H39FN6O4S/c1-4-6-7-11-20-18-37(15-5-2)29-25-28(35-31(36-29)43(3,39)40)26(32)27(34-30(25)42-19-20)21-12-10-13-23-22(21)17-33-38(23)24-14-8-9-16-41-24/h10,12-13,17,20,24H,4-9,11,14-16,18-19H2,1-3H3. The highest BCUT2D eigenvalue weighted by Crippen LogP contribution is 2.41. The Balaban J connectivity index is 1.55. The Bertz CT molecular complexity index is 1740. The molecule has 3 aromatic heterocycles. The van der Waals surface area contributed by atoms with Gasteiger partial charge in [-0.25, -0.2) is 32.4 Å². The summed E-state index contributed by atoms with van der Waals surface area (Å²) in [5.74, 6) is 0.00985. The molecule has 0 aliphatic carbocycles. The first-order valence-corrected chi connectivity index (χ1v) is 17.3. The van der Waals surface area contributed by atoms with Crippen molar-refractivity contribution in [1.82, 2.24) is 24.7 Å². The smallest absolute Gasteiger partial charge is 0.249 e. The molecule has 2 aliphatic rings. The average Bonchev–Trinajstić information content (AvgIpc) is 3.44. The minimum atomic E-state index is -3.85. The number of rotatable bonds is 9. The predicted molar refractivity (Wildman–Crippen MR) is 164 cm³/mol. The van der Waals surface area contributed by atoms with Crippen LogP contribution in [-0.4, -0.2) is 65.7 Å². The van der Waals surface area contributed by atoms with Gasteiger partial charge in [0.25, 0.3) is 0 Å². The number of benzene rings is 1. The third kappa shape index (κ3) is 5.78. The van der Waals surface area contributed by atoms with E-state index in [1.807, 2.05) is 16.8 Å². The van der Waals surface area contributed by atoms with Gasteiger partial charge in [-0.1, -0.05) is 45.2 Å². The second-order valence-electron chi connectivity index (χ2n) is 11.7. The molecule has 0 saturated carbocycles. The molecule has 0 radical (unpaired) electrons. The number of fused-ring (bicyclic) bond motifs is 1. The number of hydrogen-bond acceptors (Lipinski definition) is 9. The maximum Gasteiger partial charge on any atom is 0.249 e. The number of aromatic nitrogens is 5. The van der Waals surface area contributed by atoms with Crippen molar-refractivity contribution in [2.24, 2.45) is 5.92 Å². The maximum absolute atomic E-state index is 16.7. The summed E-state index contributed by atoms with van der Waals surface area (Å²) in [5, 5.41) is 5.21. The Morgan fingerprint density at radius 2 is 1.95 bits per heavy atom. The van der Waals surface area contributed by atoms with Gasteiger partial charge in [-0.2, -0.15) is 5.10 Å². The zero-order valence-electron chi connectivity index (χ0n) is 25.1. The second-order valence-corrected chi connectivity index (χ2v) is 13.6. The summed E-state index contributed by atoms with van der Waals surface area (Å²) in [6, 6.07) is 5.57. The number of hydrogen-bond donors (Lipinski definition) is 0. The summed E-state index contributed by atoms with van der Waals surface area (Å²) >= 11 is 0. The monoisotopic (exact) mass is 610 g/mol. The molecule has 1 fully saturated rings. The van der Waals surface area contributed by atoms with E-state index in [2.05, 4.69) is 33.8 Å². The van der Waals surface area contributed by atoms with Crippen molar-refractivity contribution in [3.05, 3.63) is 30.2 Å². The van der Waals surface area contributed by atoms with Crippen LogP contribution in [0.1, 0.15) is 71.4 Å². The van der Waals surface area contributed by atoms with E-state index in [9.17, 15) is 8.42 Å². The Hall–Kier alpha value is -3.38. The number of pyridine rings is 1. The molecule has 1 aromatic carbocycles. The molecule has 6 rings (SSSR count). The predicted octanol–water partition coefficient (Wildman–Crippen LogP) is 6.09. The SMILES string of the molecule is CCCCCC1COc2nc(-c3cccc4c3cnn4C3CCCCO3)c(F)c3nc(S(C)(=O)=O)nc(c23)N(CCC)C1. The van der Waals surface area contributed by atoms with Crippen molar-refractivity contribution in [2.45, 2.75) is 76.6 Å². The zero-order chi connectivity index (χ0) is 30.1. The quantitative estimate of drug-likeness (QED) is 0.164. The Morgan fingerprint density at radius 3 is 2.70 bits per heavy atom. The zero-order valence-corrected chi connectivity index (χ0v) is 25.9. The lowest BCUT2D eigenvalue weighted by molar-refractivity contribution is -0.0366. The minimum Gasteiger partial charge on any atom is -0.477 e. The third-order valence-corrected chi connectivity index (χ3v) is 9.16. The van der Waals surface area contributed by atoms with Crippen LogP contribution in [0.4, 0.5) is 10.2 Å². The Morgan fingerprint density at radius 1 is 1.09 bits per heavy atom. The number of anilines is 1. The molecule has 2 aliphatic heterocycles. The first-order chi connectivity index (χ1) is 20.8. The fourth-order valence-electron chi connectivity index (χ4n) is 6.18. The molecule has 5 heterocycles. The van der Waals surface area contributed by atoms with Crippen LogP contribution in [0, 0.1) is 11.7 Å². The van der Waals surface area contributed by atoms with Crippen LogP contribution >= 0.6 is 0 Å². The second kappa shape index (κ2) is 12.3. The molecule has 0 spiro atoms. The topological polar surface area (TPSA) is 112 Å². The van der Waals surface area contributed by atoms with Gasteiger partial charge >= 0.3 is 0 Å². The first-order valence-electron chi connectivity index (χ1n) is 15.4. The van der Waals surface area contributed by atoms with Gasteiger partial charge in [0.15, 0.2) is 12.0 Å². The summed E-state index contributed by atoms with van der Waals surface area (Å²) in [6.07, 6.45) is 10.5. The molecule has 230 valence electrons. The average molecular weight is 611 g/mol. The molecule has 0 amide bonds. The van der Waals surface area contributed by atoms with Crippen LogP contribution in [0.15, 0.2) is 29.6 Å². The lowest BCUT2D eigenvalue weighted by atomic mass is 10.00. The molecule has 0 bridgehead atoms. The highest BCUT2D eigenvalue weighted by Gasteiger charge is 2.31. The van der Waals surface area contributed by atoms with Gasteiger partial charge in [-0.3, -0.25) is 0 Å². The van der Waals surface area contributed by atoms with E-state index in [1.54, 1.807) is 12.3 Å². The number of sulfone groups is 1. The van der Waals surface area contributed by atoms with Gasteiger partial charge in [0.1, 0.15) is 22.4 Å². The molecule has 1 saturated heterocycles. The van der Waals surface area contributed by atoms with Crippen molar-refractivity contribution in [2.75, 3.05) is 37.5 Å². The lowest BCUT2D eigenvalue weighted by Crippen LogP contribution is -2.35. The molecule has 12 heteroatoms. The summed E-state index contributed by atoms with van der Waals surface area (Å²) in [6.45, 7) is 6.56. The van der Waals surface area contributed by atoms with Crippen LogP contribution < -0.4 is 9.64 Å². The number of ether oxygens (including phenoxy) is 2. The van der Waals surface area contributed by atoms with Crippen LogP contribution in [0.25, 0.3) is 33.1 Å². The molecule has 10 nitrogen and oxygen atoms in total. The van der Waals surface area contributed by atoms with Crippen LogP contribution in [-0.2, 0) is 14.6 Å². The molecule has 4 aromatic rings. The normalized spacial score (nSPS) is 19.4. The van der Waals surface area contributed by atoms with Crippen molar-refractivity contribution in [1.29, 1.82) is 0 Å². The van der Waals surface area contributed by atoms with E-state index >= 15 is 4.39 Å². The first kappa shape index (κ1) is 29.7. The van der Waals surface area contributed by atoms with Crippen molar-refractivity contribution < 1.29 is 22.3 Å². The molecule has 2 unspecified atom stereocenters. The molecule has 43 heavy (non-hydrogen) atoms. The molecule has 0 N–H and O–H groups in total. The van der Waals surface area contributed by atoms with E-state index in [4.69, 9.17) is 14.5 Å². The minimum absolute atomic E-state index is 0.0338. The van der Waals surface area contributed by atoms with Gasteiger partial charge in [0.2, 0.25) is 20.9 Å². The fourth-order valence-corrected chi connectivity index (χ4v) is 6.69. The van der Waals surface area contributed by atoms with E-state index in [0.29, 0.717) is 48.5 Å². The number of unbranched alkanes of at least 4 members (excludes halogenated alkanes) is 2. The van der Waals surface area contributed by atoms with E-state index < -0.39 is 20.8 Å². The van der Waals surface area contributed by atoms with Gasteiger partial charge in [0, 0.05) is 42.8 Å². The van der Waals surface area contributed by atoms with E-state index in [-0.39, 0.29) is 29.2 Å². The van der Waals surface area contributed by atoms with Crippen molar-refractivity contribution in [3.63, 3.8) is 0 Å². The van der Waals surface area contributed by atoms with Gasteiger partial charge < -0.3 is 14.4 Å². The van der Waals surface area contributed by atoms with E-state index in [0.717, 1.165) is 63.1 Å². The summed E-state index contributed by atoms with van der Waals surface area (Å²) in [4.78, 5) is 15.6. The summed E-state index contributed by atoms with van der Waals surface area (Å²) in [5.41, 5.74) is 1.24. The van der Waals surface area contributed by atoms with Crippen molar-refractivity contribution >= 4 is 37.5 Å². The lowest BCUT2D eigenvalue weighted by Gasteiger charge is -2.32. The van der Waals surface area contributed by atoms with Crippen molar-refractivity contribution in [3.8, 4) is 17.1 Å². The number of halogens is 1. The highest BCUT2D eigenvalue weighted by molar-refractivity contribution is 7.90. The van der Waals surface area contributed by atoms with Gasteiger partial charge in [-0.05, 0) is 38.2 Å². The largest absolute Gasteiger partial charge is 0.477 e. The van der Waals surface area contributed by atoms with E-state index in [1.165, 1.54) is 0 Å². The highest BCUT2D eigenvalue weighted by atomic mass is 32.2. The maximum atomic E-state index is 16.7. The molecular formula is C31H39FN6O4S. The van der Waals surface area contributed by atoms with Gasteiger partial charge in [0.05, 0.1) is 18.3 Å². The Kier molecular flexibility index (Phi) is 8.50. The van der Waals surface area contributed by atoms with Gasteiger partial charge in [-0.15, -0.1) is 0 Å². The van der Waals surface area contributed by atoms with Crippen LogP contribution in [0.3, 0.4) is 0 Å². The number of nitrogens with zero attached hydrogens (tertiary/aromatic N) is 6. The fraction of sp³-hybridized carbons (Fsp3) is 0.548. The third-order valence-electron chi connectivity index (χ3n) is 8.31. The summed E-state index contributed by atoms with van der Waals surface area (Å²) in [7, 11) is -3.85. The van der Waals surface area contributed by atoms with Crippen LogP contribution in [0.2, 0.25) is 0 Å².